The van der Waals surface area contributed by atoms with E-state index in [-0.39, 0.29) is 32.1 Å². The third-order valence-corrected chi connectivity index (χ3v) is 11.5. The highest BCUT2D eigenvalue weighted by atomic mass is 31.2. The van der Waals surface area contributed by atoms with E-state index in [1.165, 1.54) is 38.5 Å². The monoisotopic (exact) mass is 917 g/mol. The fraction of sp³-hybridized carbons (Fsp3) is 0.745. The lowest BCUT2D eigenvalue weighted by Gasteiger charge is -2.41. The molecule has 0 radical (unpaired) electrons. The molecule has 0 aromatic rings. The summed E-state index contributed by atoms with van der Waals surface area (Å²) < 4.78 is 33.3. The molecule has 0 aliphatic heterocycles. The van der Waals surface area contributed by atoms with Crippen molar-refractivity contribution >= 4 is 19.8 Å². The number of allylic oxidation sites excluding steroid dienone is 9. The Hall–Kier alpha value is -2.53. The zero-order chi connectivity index (χ0) is 46.7. The van der Waals surface area contributed by atoms with Crippen LogP contribution in [0.3, 0.4) is 0 Å². The number of hydrogen-bond acceptors (Lipinski definition) is 14. The van der Waals surface area contributed by atoms with Crippen LogP contribution in [-0.2, 0) is 32.7 Å². The summed E-state index contributed by atoms with van der Waals surface area (Å²) in [6.07, 6.45) is 22.8. The molecule has 0 heterocycles. The quantitative estimate of drug-likeness (QED) is 0.0137. The smallest absolute Gasteiger partial charge is 0.462 e. The lowest BCUT2D eigenvalue weighted by atomic mass is 9.85. The van der Waals surface area contributed by atoms with Gasteiger partial charge in [0.05, 0.1) is 18.8 Å². The van der Waals surface area contributed by atoms with Crippen molar-refractivity contribution in [2.24, 2.45) is 0 Å². The molecule has 5 unspecified atom stereocenters. The first kappa shape index (κ1) is 58.5. The van der Waals surface area contributed by atoms with E-state index in [0.29, 0.717) is 12.8 Å². The SMILES string of the molecule is CCCCC/C=C\C/C=C\C/C=C\CC(O)C(O)CCCC(=O)OC[C@H](COP(=O)(O)OC1[C@H](O)[C@H](O)C(O)[C@H](O)[C@H]1O)OC(=O)CCCCCCC/C=C\C/C=C\CCCCC. The average molecular weight is 917 g/mol. The molecule has 0 bridgehead atoms. The van der Waals surface area contributed by atoms with Gasteiger partial charge >= 0.3 is 19.8 Å². The van der Waals surface area contributed by atoms with Gasteiger partial charge in [-0.25, -0.2) is 4.57 Å². The largest absolute Gasteiger partial charge is 0.472 e. The number of carbonyl (C=O) groups excluding carboxylic acids is 2. The molecule has 0 amide bonds. The molecule has 10 atom stereocenters. The molecule has 1 rings (SSSR count). The van der Waals surface area contributed by atoms with Crippen molar-refractivity contribution in [3.8, 4) is 0 Å². The van der Waals surface area contributed by atoms with Crippen LogP contribution in [0.5, 0.6) is 0 Å². The zero-order valence-corrected chi connectivity index (χ0v) is 38.7. The number of ether oxygens (including phenoxy) is 2. The third kappa shape index (κ3) is 28.9. The van der Waals surface area contributed by atoms with Gasteiger partial charge in [-0.3, -0.25) is 18.6 Å². The Morgan fingerprint density at radius 2 is 1.02 bits per heavy atom. The van der Waals surface area contributed by atoms with Gasteiger partial charge in [-0.2, -0.15) is 0 Å². The number of carbonyl (C=O) groups is 2. The summed E-state index contributed by atoms with van der Waals surface area (Å²) in [5.74, 6) is -1.41. The average Bonchev–Trinajstić information content (AvgIpc) is 3.26. The second-order valence-electron chi connectivity index (χ2n) is 16.2. The Labute approximate surface area is 376 Å². The van der Waals surface area contributed by atoms with E-state index >= 15 is 0 Å². The van der Waals surface area contributed by atoms with Crippen LogP contribution in [0.2, 0.25) is 0 Å². The van der Waals surface area contributed by atoms with Gasteiger partial charge in [-0.1, -0.05) is 120 Å². The number of hydrogen-bond donors (Lipinski definition) is 8. The Bertz CT molecular complexity index is 1370. The fourth-order valence-corrected chi connectivity index (χ4v) is 7.57. The summed E-state index contributed by atoms with van der Waals surface area (Å²) in [6.45, 7) is 2.97. The molecule has 0 spiro atoms. The summed E-state index contributed by atoms with van der Waals surface area (Å²) in [5.41, 5.74) is 0. The third-order valence-electron chi connectivity index (χ3n) is 10.5. The Balaban J connectivity index is 2.59. The maximum atomic E-state index is 12.8. The number of rotatable bonds is 37. The van der Waals surface area contributed by atoms with E-state index < -0.39 is 87.9 Å². The van der Waals surface area contributed by atoms with Gasteiger partial charge in [0.25, 0.3) is 0 Å². The van der Waals surface area contributed by atoms with Gasteiger partial charge in [0.15, 0.2) is 6.10 Å². The molecule has 15 nitrogen and oxygen atoms in total. The van der Waals surface area contributed by atoms with E-state index in [1.54, 1.807) is 6.08 Å². The number of unbranched alkanes of at least 4 members (excludes halogenated alkanes) is 11. The number of esters is 2. The summed E-state index contributed by atoms with van der Waals surface area (Å²) >= 11 is 0. The molecule has 364 valence electrons. The van der Waals surface area contributed by atoms with Gasteiger partial charge in [-0.05, 0) is 83.5 Å². The number of aliphatic hydroxyl groups excluding tert-OH is 7. The second kappa shape index (κ2) is 36.7. The van der Waals surface area contributed by atoms with Crippen LogP contribution in [0.4, 0.5) is 0 Å². The summed E-state index contributed by atoms with van der Waals surface area (Å²) in [5, 5.41) is 70.9. The van der Waals surface area contributed by atoms with Crippen LogP contribution >= 0.6 is 7.82 Å². The van der Waals surface area contributed by atoms with Gasteiger partial charge < -0.3 is 50.1 Å². The molecule has 1 fully saturated rings. The summed E-state index contributed by atoms with van der Waals surface area (Å²) in [7, 11) is -5.19. The van der Waals surface area contributed by atoms with Crippen LogP contribution in [0.25, 0.3) is 0 Å². The van der Waals surface area contributed by atoms with Crippen LogP contribution in [0.15, 0.2) is 60.8 Å². The van der Waals surface area contributed by atoms with E-state index in [9.17, 15) is 54.8 Å². The number of phosphoric acid groups is 1. The van der Waals surface area contributed by atoms with Crippen molar-refractivity contribution in [1.82, 2.24) is 0 Å². The number of aliphatic hydroxyl groups is 7. The Morgan fingerprint density at radius 1 is 0.556 bits per heavy atom. The van der Waals surface area contributed by atoms with Crippen molar-refractivity contribution in [3.05, 3.63) is 60.8 Å². The van der Waals surface area contributed by atoms with Crippen LogP contribution in [0, 0.1) is 0 Å². The lowest BCUT2D eigenvalue weighted by Crippen LogP contribution is -2.64. The fourth-order valence-electron chi connectivity index (χ4n) is 6.60. The van der Waals surface area contributed by atoms with E-state index in [1.807, 2.05) is 12.2 Å². The molecule has 16 heteroatoms. The normalized spacial score (nSPS) is 23.3. The zero-order valence-electron chi connectivity index (χ0n) is 37.8. The van der Waals surface area contributed by atoms with Gasteiger partial charge in [0.1, 0.15) is 43.2 Å². The van der Waals surface area contributed by atoms with Crippen LogP contribution in [-0.4, -0.2) is 121 Å². The molecule has 63 heavy (non-hydrogen) atoms. The maximum absolute atomic E-state index is 12.8. The minimum atomic E-state index is -5.19. The van der Waals surface area contributed by atoms with Crippen molar-refractivity contribution in [2.45, 2.75) is 210 Å². The van der Waals surface area contributed by atoms with E-state index in [2.05, 4.69) is 56.4 Å². The molecular formula is C47H81O15P. The molecular weight excluding hydrogens is 835 g/mol. The van der Waals surface area contributed by atoms with Crippen LogP contribution < -0.4 is 0 Å². The lowest BCUT2D eigenvalue weighted by molar-refractivity contribution is -0.220. The van der Waals surface area contributed by atoms with Crippen molar-refractivity contribution < 1.29 is 73.3 Å². The van der Waals surface area contributed by atoms with Crippen molar-refractivity contribution in [3.63, 3.8) is 0 Å². The van der Waals surface area contributed by atoms with Crippen molar-refractivity contribution in [1.29, 1.82) is 0 Å². The molecule has 0 aromatic heterocycles. The van der Waals surface area contributed by atoms with Crippen LogP contribution in [0.1, 0.15) is 155 Å². The van der Waals surface area contributed by atoms with Gasteiger partial charge in [0, 0.05) is 12.8 Å². The first-order chi connectivity index (χ1) is 30.2. The highest BCUT2D eigenvalue weighted by molar-refractivity contribution is 7.47. The van der Waals surface area contributed by atoms with Gasteiger partial charge in [-0.15, -0.1) is 0 Å². The first-order valence-electron chi connectivity index (χ1n) is 23.3. The molecule has 0 aromatic carbocycles. The molecule has 1 aliphatic rings. The van der Waals surface area contributed by atoms with E-state index in [4.69, 9.17) is 18.5 Å². The Morgan fingerprint density at radius 3 is 1.57 bits per heavy atom. The molecule has 1 saturated carbocycles. The highest BCUT2D eigenvalue weighted by Gasteiger charge is 2.51. The summed E-state index contributed by atoms with van der Waals surface area (Å²) in [6, 6.07) is 0. The minimum Gasteiger partial charge on any atom is -0.462 e. The van der Waals surface area contributed by atoms with Gasteiger partial charge in [0.2, 0.25) is 0 Å². The number of phosphoric ester groups is 1. The maximum Gasteiger partial charge on any atom is 0.472 e. The van der Waals surface area contributed by atoms with E-state index in [0.717, 1.165) is 57.8 Å². The predicted molar refractivity (Wildman–Crippen MR) is 242 cm³/mol. The standard InChI is InChI=1S/C47H81O15P/c1-3-5-7-9-11-13-15-17-18-19-21-23-25-27-29-33-41(51)61-37(36-60-63(57,58)62-47-45(55)43(53)42(52)44(54)46(47)56)35-59-40(50)34-30-32-39(49)38(48)31-28-26-24-22-20-16-14-12-10-8-6-4-2/h11-14,17-18,20,22,26,28,37-39,42-49,52-56H,3-10,15-16,19,21,23-25,27,29-36H2,1-2H3,(H,57,58)/b13-11-,14-12-,18-17-,22-20-,28-26-/t37-,38?,39?,42?,43-,44+,45-,46-,47?/m1/s1. The molecule has 1 aliphatic carbocycles. The highest BCUT2D eigenvalue weighted by Crippen LogP contribution is 2.47. The van der Waals surface area contributed by atoms with Crippen molar-refractivity contribution in [2.75, 3.05) is 13.2 Å². The minimum absolute atomic E-state index is 0.0176. The molecule has 8 N–H and O–H groups in total. The first-order valence-corrected chi connectivity index (χ1v) is 24.8. The molecule has 0 saturated heterocycles. The predicted octanol–water partition coefficient (Wildman–Crippen LogP) is 6.89. The Kier molecular flexibility index (Phi) is 34.0. The second-order valence-corrected chi connectivity index (χ2v) is 17.6. The summed E-state index contributed by atoms with van der Waals surface area (Å²) in [4.78, 5) is 35.7. The topological polar surface area (TPSA) is 250 Å².